The normalized spacial score (nSPS) is 23.4. The zero-order valence-electron chi connectivity index (χ0n) is 22.6. The Kier molecular flexibility index (Phi) is 7.35. The number of nitrogens with one attached hydrogen (secondary N) is 1. The number of ether oxygens (including phenoxy) is 1. The SMILES string of the molecule is COc1cc(CN2CC[C@](O)(c3ccc4ncc(C5CCC(=O)NC5=O)cc4c3F)C(C)(C)C2)ccc1C(F)F. The van der Waals surface area contributed by atoms with Gasteiger partial charge in [-0.15, -0.1) is 0 Å². The van der Waals surface area contributed by atoms with Gasteiger partial charge in [-0.3, -0.25) is 24.8 Å². The van der Waals surface area contributed by atoms with Crippen molar-refractivity contribution in [1.82, 2.24) is 15.2 Å². The zero-order valence-corrected chi connectivity index (χ0v) is 22.6. The number of likely N-dealkylation sites (tertiary alicyclic amines) is 1. The van der Waals surface area contributed by atoms with E-state index < -0.39 is 35.1 Å². The van der Waals surface area contributed by atoms with Crippen molar-refractivity contribution < 1.29 is 32.6 Å². The minimum Gasteiger partial charge on any atom is -0.496 e. The van der Waals surface area contributed by atoms with Crippen LogP contribution >= 0.6 is 0 Å². The van der Waals surface area contributed by atoms with Crippen LogP contribution in [0.3, 0.4) is 0 Å². The van der Waals surface area contributed by atoms with Crippen molar-refractivity contribution in [3.8, 4) is 5.75 Å². The highest BCUT2D eigenvalue weighted by Crippen LogP contribution is 2.48. The van der Waals surface area contributed by atoms with Gasteiger partial charge in [0, 0.05) is 48.6 Å². The van der Waals surface area contributed by atoms with Crippen molar-refractivity contribution in [2.75, 3.05) is 20.2 Å². The summed E-state index contributed by atoms with van der Waals surface area (Å²) in [5.74, 6) is -1.82. The van der Waals surface area contributed by atoms with E-state index in [0.29, 0.717) is 37.1 Å². The van der Waals surface area contributed by atoms with E-state index >= 15 is 4.39 Å². The third-order valence-corrected chi connectivity index (χ3v) is 8.38. The maximum Gasteiger partial charge on any atom is 0.267 e. The van der Waals surface area contributed by atoms with Crippen molar-refractivity contribution in [2.45, 2.75) is 57.6 Å². The fraction of sp³-hybridized carbons (Fsp3) is 0.433. The van der Waals surface area contributed by atoms with E-state index in [1.807, 2.05) is 13.8 Å². The molecule has 2 saturated heterocycles. The smallest absolute Gasteiger partial charge is 0.267 e. The number of aliphatic hydroxyl groups is 1. The minimum atomic E-state index is -2.64. The Balaban J connectivity index is 1.41. The van der Waals surface area contributed by atoms with E-state index in [1.54, 1.807) is 30.3 Å². The molecule has 7 nitrogen and oxygen atoms in total. The van der Waals surface area contributed by atoms with E-state index in [1.165, 1.54) is 19.4 Å². The molecule has 0 bridgehead atoms. The van der Waals surface area contributed by atoms with Crippen LogP contribution in [-0.2, 0) is 21.7 Å². The average molecular weight is 556 g/mol. The fourth-order valence-corrected chi connectivity index (χ4v) is 6.06. The summed E-state index contributed by atoms with van der Waals surface area (Å²) in [5, 5.41) is 14.5. The van der Waals surface area contributed by atoms with Gasteiger partial charge in [0.15, 0.2) is 0 Å². The number of hydrogen-bond acceptors (Lipinski definition) is 6. The molecule has 1 aromatic heterocycles. The van der Waals surface area contributed by atoms with Crippen LogP contribution in [0.1, 0.15) is 67.7 Å². The van der Waals surface area contributed by atoms with Gasteiger partial charge in [0.05, 0.1) is 29.7 Å². The van der Waals surface area contributed by atoms with Crippen LogP contribution in [0.15, 0.2) is 42.6 Å². The number of fused-ring (bicyclic) bond motifs is 1. The van der Waals surface area contributed by atoms with Gasteiger partial charge in [0.2, 0.25) is 11.8 Å². The van der Waals surface area contributed by atoms with Crippen LogP contribution in [-0.4, -0.2) is 47.0 Å². The first-order valence-corrected chi connectivity index (χ1v) is 13.3. The second-order valence-corrected chi connectivity index (χ2v) is 11.3. The van der Waals surface area contributed by atoms with Gasteiger partial charge in [0.25, 0.3) is 6.43 Å². The standard InChI is InChI=1S/C30H32F3N3O4/c1-29(2)16-36(15-17-4-5-20(27(32)33)24(12-17)40-3)11-10-30(29,39)22-7-8-23-21(26(22)31)13-18(14-34-23)19-6-9-25(37)35-28(19)38/h4-5,7-8,12-14,19,27,39H,6,9-11,15-16H2,1-3H3,(H,35,37,38)/t19?,30-/m0/s1. The molecule has 1 unspecified atom stereocenters. The number of benzene rings is 2. The third kappa shape index (κ3) is 4.94. The number of pyridine rings is 1. The molecule has 0 radical (unpaired) electrons. The lowest BCUT2D eigenvalue weighted by molar-refractivity contribution is -0.134. The number of nitrogens with zero attached hydrogens (tertiary/aromatic N) is 2. The molecule has 40 heavy (non-hydrogen) atoms. The summed E-state index contributed by atoms with van der Waals surface area (Å²) < 4.78 is 47.8. The van der Waals surface area contributed by atoms with Gasteiger partial charge in [-0.2, -0.15) is 0 Å². The maximum atomic E-state index is 16.1. The van der Waals surface area contributed by atoms with Crippen LogP contribution in [0.5, 0.6) is 5.75 Å². The molecule has 0 aliphatic carbocycles. The number of carbonyl (C=O) groups excluding carboxylic acids is 2. The number of aromatic nitrogens is 1. The number of imide groups is 1. The topological polar surface area (TPSA) is 91.8 Å². The van der Waals surface area contributed by atoms with Crippen LogP contribution in [0.4, 0.5) is 13.2 Å². The van der Waals surface area contributed by atoms with Crippen molar-refractivity contribution >= 4 is 22.7 Å². The Morgan fingerprint density at radius 2 is 1.98 bits per heavy atom. The predicted octanol–water partition coefficient (Wildman–Crippen LogP) is 4.96. The lowest BCUT2D eigenvalue weighted by Gasteiger charge is -2.50. The molecule has 3 aromatic rings. The average Bonchev–Trinajstić information content (AvgIpc) is 2.90. The molecule has 3 heterocycles. The van der Waals surface area contributed by atoms with Gasteiger partial charge >= 0.3 is 0 Å². The largest absolute Gasteiger partial charge is 0.496 e. The number of carbonyl (C=O) groups is 2. The van der Waals surface area contributed by atoms with Crippen molar-refractivity contribution in [1.29, 1.82) is 0 Å². The molecule has 2 aromatic carbocycles. The van der Waals surface area contributed by atoms with Crippen LogP contribution < -0.4 is 10.1 Å². The highest BCUT2D eigenvalue weighted by Gasteiger charge is 2.50. The van der Waals surface area contributed by atoms with Gasteiger partial charge in [-0.25, -0.2) is 13.2 Å². The molecule has 10 heteroatoms. The lowest BCUT2D eigenvalue weighted by Crippen LogP contribution is -2.55. The monoisotopic (exact) mass is 555 g/mol. The molecule has 0 saturated carbocycles. The molecule has 2 fully saturated rings. The number of methoxy groups -OCH3 is 1. The van der Waals surface area contributed by atoms with E-state index in [2.05, 4.69) is 15.2 Å². The number of hydrogen-bond donors (Lipinski definition) is 2. The van der Waals surface area contributed by atoms with Crippen LogP contribution in [0.2, 0.25) is 0 Å². The second-order valence-electron chi connectivity index (χ2n) is 11.3. The second kappa shape index (κ2) is 10.5. The first-order valence-electron chi connectivity index (χ1n) is 13.3. The Morgan fingerprint density at radius 3 is 2.65 bits per heavy atom. The van der Waals surface area contributed by atoms with Gasteiger partial charge in [0.1, 0.15) is 11.6 Å². The van der Waals surface area contributed by atoms with Gasteiger partial charge in [-0.1, -0.05) is 26.0 Å². The maximum absolute atomic E-state index is 16.1. The zero-order chi connectivity index (χ0) is 28.8. The molecule has 212 valence electrons. The Hall–Kier alpha value is -3.50. The fourth-order valence-electron chi connectivity index (χ4n) is 6.06. The van der Waals surface area contributed by atoms with E-state index in [9.17, 15) is 23.5 Å². The highest BCUT2D eigenvalue weighted by molar-refractivity contribution is 6.01. The molecule has 0 spiro atoms. The number of piperidine rings is 2. The number of halogens is 3. The molecular weight excluding hydrogens is 523 g/mol. The van der Waals surface area contributed by atoms with Gasteiger partial charge < -0.3 is 9.84 Å². The summed E-state index contributed by atoms with van der Waals surface area (Å²) in [6.45, 7) is 5.08. The summed E-state index contributed by atoms with van der Waals surface area (Å²) in [4.78, 5) is 30.4. The minimum absolute atomic E-state index is 0.129. The van der Waals surface area contributed by atoms with Crippen LogP contribution in [0, 0.1) is 11.2 Å². The molecule has 2 aliphatic rings. The summed E-state index contributed by atoms with van der Waals surface area (Å²) >= 11 is 0. The molecule has 2 amide bonds. The van der Waals surface area contributed by atoms with E-state index in [4.69, 9.17) is 4.74 Å². The predicted molar refractivity (Wildman–Crippen MR) is 142 cm³/mol. The van der Waals surface area contributed by atoms with Crippen molar-refractivity contribution in [2.24, 2.45) is 5.41 Å². The summed E-state index contributed by atoms with van der Waals surface area (Å²) in [6.07, 6.45) is -0.344. The highest BCUT2D eigenvalue weighted by atomic mass is 19.3. The third-order valence-electron chi connectivity index (χ3n) is 8.38. The molecule has 5 rings (SSSR count). The molecule has 2 aliphatic heterocycles. The summed E-state index contributed by atoms with van der Waals surface area (Å²) in [5.41, 5.74) is -0.562. The Labute approximate surface area is 230 Å². The first kappa shape index (κ1) is 28.0. The molecule has 2 atom stereocenters. The Bertz CT molecular complexity index is 1480. The lowest BCUT2D eigenvalue weighted by atomic mass is 9.66. The number of alkyl halides is 2. The quantitative estimate of drug-likeness (QED) is 0.418. The van der Waals surface area contributed by atoms with Gasteiger partial charge in [-0.05, 0) is 48.2 Å². The number of rotatable bonds is 6. The molecule has 2 N–H and O–H groups in total. The molecular formula is C30H32F3N3O4. The van der Waals surface area contributed by atoms with E-state index in [0.717, 1.165) is 5.56 Å². The first-order chi connectivity index (χ1) is 18.9. The Morgan fingerprint density at radius 1 is 1.20 bits per heavy atom. The summed E-state index contributed by atoms with van der Waals surface area (Å²) in [7, 11) is 1.36. The van der Waals surface area contributed by atoms with Crippen molar-refractivity contribution in [3.05, 3.63) is 70.7 Å². The summed E-state index contributed by atoms with van der Waals surface area (Å²) in [6, 6.07) is 9.44. The number of amides is 2. The van der Waals surface area contributed by atoms with E-state index in [-0.39, 0.29) is 41.0 Å². The van der Waals surface area contributed by atoms with Crippen molar-refractivity contribution in [3.63, 3.8) is 0 Å². The van der Waals surface area contributed by atoms with Crippen LogP contribution in [0.25, 0.3) is 10.9 Å².